The highest BCUT2D eigenvalue weighted by molar-refractivity contribution is 5.80. The van der Waals surface area contributed by atoms with Gasteiger partial charge < -0.3 is 19.5 Å². The molecular weight excluding hydrogens is 350 g/mol. The van der Waals surface area contributed by atoms with Crippen molar-refractivity contribution in [3.05, 3.63) is 28.3 Å². The molecule has 27 heavy (non-hydrogen) atoms. The van der Waals surface area contributed by atoms with Gasteiger partial charge in [-0.1, -0.05) is 0 Å². The molecule has 0 saturated carbocycles. The number of non-ortho nitro benzene ring substituents is 1. The van der Waals surface area contributed by atoms with Crippen LogP contribution in [-0.2, 0) is 4.74 Å². The molecule has 1 aromatic carbocycles. The van der Waals surface area contributed by atoms with E-state index in [1.165, 1.54) is 12.1 Å². The maximum absolute atomic E-state index is 12.4. The van der Waals surface area contributed by atoms with Gasteiger partial charge in [0, 0.05) is 38.3 Å². The Balaban J connectivity index is 1.74. The largest absolute Gasteiger partial charge is 0.444 e. The number of H-pyrrole nitrogens is 1. The number of benzene rings is 1. The molecule has 1 fully saturated rings. The number of nitro groups is 1. The van der Waals surface area contributed by atoms with E-state index in [4.69, 9.17) is 4.74 Å². The fourth-order valence-corrected chi connectivity index (χ4v) is 3.20. The predicted octanol–water partition coefficient (Wildman–Crippen LogP) is 3.31. The van der Waals surface area contributed by atoms with Crippen molar-refractivity contribution in [3.63, 3.8) is 0 Å². The van der Waals surface area contributed by atoms with Crippen molar-refractivity contribution in [2.24, 2.45) is 0 Å². The maximum Gasteiger partial charge on any atom is 0.410 e. The van der Waals surface area contributed by atoms with Crippen LogP contribution in [-0.4, -0.2) is 57.7 Å². The molecule has 2 aromatic rings. The van der Waals surface area contributed by atoms with Crippen LogP contribution in [0.2, 0.25) is 0 Å². The van der Waals surface area contributed by atoms with Gasteiger partial charge in [0.05, 0.1) is 16.0 Å². The van der Waals surface area contributed by atoms with Gasteiger partial charge in [-0.2, -0.15) is 0 Å². The number of amides is 1. The average Bonchev–Trinajstić information content (AvgIpc) is 3.02. The third-order valence-corrected chi connectivity index (χ3v) is 4.59. The molecule has 0 unspecified atom stereocenters. The summed E-state index contributed by atoms with van der Waals surface area (Å²) in [6.07, 6.45) is 1.49. The zero-order chi connectivity index (χ0) is 19.8. The van der Waals surface area contributed by atoms with Gasteiger partial charge in [0.2, 0.25) is 5.95 Å². The molecule has 1 atom stereocenters. The van der Waals surface area contributed by atoms with Crippen LogP contribution in [0.3, 0.4) is 0 Å². The molecule has 9 heteroatoms. The molecule has 0 radical (unpaired) electrons. The number of rotatable bonds is 3. The van der Waals surface area contributed by atoms with Crippen molar-refractivity contribution < 1.29 is 14.5 Å². The van der Waals surface area contributed by atoms with Crippen molar-refractivity contribution in [1.29, 1.82) is 0 Å². The molecule has 1 aromatic heterocycles. The average molecular weight is 375 g/mol. The SMILES string of the molecule is CN(c1nc2ccc([N+](=O)[O-])cc2[nH]1)[C@@H]1CCCN(C(=O)OC(C)(C)C)C1. The van der Waals surface area contributed by atoms with E-state index in [1.807, 2.05) is 32.7 Å². The van der Waals surface area contributed by atoms with Crippen LogP contribution < -0.4 is 4.90 Å². The molecule has 1 aliphatic rings. The summed E-state index contributed by atoms with van der Waals surface area (Å²) in [5, 5.41) is 10.9. The Bertz CT molecular complexity index is 857. The molecule has 1 saturated heterocycles. The van der Waals surface area contributed by atoms with Crippen LogP contribution >= 0.6 is 0 Å². The van der Waals surface area contributed by atoms with Crippen molar-refractivity contribution >= 4 is 28.8 Å². The molecule has 1 N–H and O–H groups in total. The van der Waals surface area contributed by atoms with Gasteiger partial charge in [-0.3, -0.25) is 10.1 Å². The third-order valence-electron chi connectivity index (χ3n) is 4.59. The second kappa shape index (κ2) is 7.05. The number of likely N-dealkylation sites (tertiary alicyclic amines) is 1. The number of aromatic nitrogens is 2. The summed E-state index contributed by atoms with van der Waals surface area (Å²) in [4.78, 5) is 34.3. The first-order chi connectivity index (χ1) is 12.6. The number of carbonyl (C=O) groups excluding carboxylic acids is 1. The van der Waals surface area contributed by atoms with Crippen LogP contribution in [0.25, 0.3) is 11.0 Å². The Hall–Kier alpha value is -2.84. The number of aromatic amines is 1. The Morgan fingerprint density at radius 1 is 1.44 bits per heavy atom. The second-order valence-corrected chi connectivity index (χ2v) is 7.85. The summed E-state index contributed by atoms with van der Waals surface area (Å²) in [5.74, 6) is 0.626. The van der Waals surface area contributed by atoms with Crippen LogP contribution in [0.4, 0.5) is 16.4 Å². The third kappa shape index (κ3) is 4.29. The Morgan fingerprint density at radius 3 is 2.85 bits per heavy atom. The highest BCUT2D eigenvalue weighted by atomic mass is 16.6. The highest BCUT2D eigenvalue weighted by Gasteiger charge is 2.30. The van der Waals surface area contributed by atoms with Gasteiger partial charge in [0.25, 0.3) is 5.69 Å². The smallest absolute Gasteiger partial charge is 0.410 e. The summed E-state index contributed by atoms with van der Waals surface area (Å²) in [7, 11) is 1.91. The number of carbonyl (C=O) groups is 1. The fraction of sp³-hybridized carbons (Fsp3) is 0.556. The highest BCUT2D eigenvalue weighted by Crippen LogP contribution is 2.25. The standard InChI is InChI=1S/C18H25N5O4/c1-18(2,3)27-17(24)22-9-5-6-13(11-22)21(4)16-19-14-8-7-12(23(25)26)10-15(14)20-16/h7-8,10,13H,5-6,9,11H2,1-4H3,(H,19,20)/t13-/m1/s1. The van der Waals surface area contributed by atoms with E-state index in [2.05, 4.69) is 9.97 Å². The summed E-state index contributed by atoms with van der Waals surface area (Å²) in [6, 6.07) is 4.64. The van der Waals surface area contributed by atoms with E-state index >= 15 is 0 Å². The topological polar surface area (TPSA) is 105 Å². The van der Waals surface area contributed by atoms with Gasteiger partial charge >= 0.3 is 6.09 Å². The molecule has 1 aliphatic heterocycles. The summed E-state index contributed by atoms with van der Waals surface area (Å²) < 4.78 is 5.48. The van der Waals surface area contributed by atoms with Crippen molar-refractivity contribution in [2.45, 2.75) is 45.3 Å². The summed E-state index contributed by atoms with van der Waals surface area (Å²) in [5.41, 5.74) is 0.783. The Morgan fingerprint density at radius 2 is 2.19 bits per heavy atom. The zero-order valence-electron chi connectivity index (χ0n) is 16.1. The zero-order valence-corrected chi connectivity index (χ0v) is 16.1. The quantitative estimate of drug-likeness (QED) is 0.652. The molecule has 0 aliphatic carbocycles. The lowest BCUT2D eigenvalue weighted by Crippen LogP contribution is -2.50. The number of nitro benzene ring substituents is 1. The molecule has 2 heterocycles. The first-order valence-corrected chi connectivity index (χ1v) is 8.99. The van der Waals surface area contributed by atoms with Gasteiger partial charge in [-0.05, 0) is 39.7 Å². The minimum atomic E-state index is -0.524. The van der Waals surface area contributed by atoms with Gasteiger partial charge in [0.15, 0.2) is 0 Å². The van der Waals surface area contributed by atoms with Gasteiger partial charge in [0.1, 0.15) is 5.60 Å². The van der Waals surface area contributed by atoms with E-state index in [0.717, 1.165) is 12.8 Å². The minimum absolute atomic E-state index is 0.0223. The normalized spacial score (nSPS) is 17.8. The summed E-state index contributed by atoms with van der Waals surface area (Å²) in [6.45, 7) is 6.78. The van der Waals surface area contributed by atoms with E-state index in [1.54, 1.807) is 11.0 Å². The van der Waals surface area contributed by atoms with Crippen molar-refractivity contribution in [2.75, 3.05) is 25.0 Å². The van der Waals surface area contributed by atoms with E-state index in [9.17, 15) is 14.9 Å². The van der Waals surface area contributed by atoms with Gasteiger partial charge in [-0.15, -0.1) is 0 Å². The monoisotopic (exact) mass is 375 g/mol. The Kier molecular flexibility index (Phi) is 4.95. The number of likely N-dealkylation sites (N-methyl/N-ethyl adjacent to an activating group) is 1. The number of piperidine rings is 1. The number of ether oxygens (including phenoxy) is 1. The van der Waals surface area contributed by atoms with Crippen LogP contribution in [0.1, 0.15) is 33.6 Å². The summed E-state index contributed by atoms with van der Waals surface area (Å²) >= 11 is 0. The van der Waals surface area contributed by atoms with Crippen LogP contribution in [0.15, 0.2) is 18.2 Å². The number of nitrogens with one attached hydrogen (secondary N) is 1. The lowest BCUT2D eigenvalue weighted by atomic mass is 10.1. The minimum Gasteiger partial charge on any atom is -0.444 e. The first-order valence-electron chi connectivity index (χ1n) is 8.99. The number of nitrogens with zero attached hydrogens (tertiary/aromatic N) is 4. The number of hydrogen-bond acceptors (Lipinski definition) is 6. The molecule has 146 valence electrons. The second-order valence-electron chi connectivity index (χ2n) is 7.85. The molecule has 3 rings (SSSR count). The van der Waals surface area contributed by atoms with Crippen molar-refractivity contribution in [1.82, 2.24) is 14.9 Å². The maximum atomic E-state index is 12.4. The number of anilines is 1. The van der Waals surface area contributed by atoms with Crippen LogP contribution in [0, 0.1) is 10.1 Å². The molecular formula is C18H25N5O4. The van der Waals surface area contributed by atoms with E-state index < -0.39 is 10.5 Å². The van der Waals surface area contributed by atoms with E-state index in [0.29, 0.717) is 30.1 Å². The number of imidazole rings is 1. The molecule has 0 spiro atoms. The van der Waals surface area contributed by atoms with Crippen LogP contribution in [0.5, 0.6) is 0 Å². The lowest BCUT2D eigenvalue weighted by Gasteiger charge is -2.38. The molecule has 1 amide bonds. The fourth-order valence-electron chi connectivity index (χ4n) is 3.20. The lowest BCUT2D eigenvalue weighted by molar-refractivity contribution is -0.384. The number of hydrogen-bond donors (Lipinski definition) is 1. The van der Waals surface area contributed by atoms with Crippen molar-refractivity contribution in [3.8, 4) is 0 Å². The van der Waals surface area contributed by atoms with Gasteiger partial charge in [-0.25, -0.2) is 9.78 Å². The van der Waals surface area contributed by atoms with E-state index in [-0.39, 0.29) is 17.8 Å². The Labute approximate surface area is 157 Å². The first kappa shape index (κ1) is 18.9. The molecule has 9 nitrogen and oxygen atoms in total. The number of fused-ring (bicyclic) bond motifs is 1. The molecule has 0 bridgehead atoms. The predicted molar refractivity (Wildman–Crippen MR) is 102 cm³/mol.